The molecule has 10 heteroatoms. The molecule has 0 saturated heterocycles. The monoisotopic (exact) mass is 509 g/mol. The summed E-state index contributed by atoms with van der Waals surface area (Å²) >= 11 is 0. The number of esters is 1. The smallest absolute Gasteiger partial charge is 0.343 e. The number of ether oxygens (including phenoxy) is 2. The molecule has 188 valence electrons. The number of methoxy groups -OCH3 is 1. The molecular weight excluding hydrogens is 482 g/mol. The van der Waals surface area contributed by atoms with Crippen LogP contribution < -0.4 is 14.5 Å². The first-order valence-electron chi connectivity index (χ1n) is 11.1. The van der Waals surface area contributed by atoms with Gasteiger partial charge < -0.3 is 9.47 Å². The van der Waals surface area contributed by atoms with Crippen molar-refractivity contribution in [3.63, 3.8) is 0 Å². The Balaban J connectivity index is 1.73. The van der Waals surface area contributed by atoms with Gasteiger partial charge in [0, 0.05) is 0 Å². The molecule has 0 radical (unpaired) electrons. The van der Waals surface area contributed by atoms with Crippen molar-refractivity contribution in [3.05, 3.63) is 90.0 Å². The third-order valence-electron chi connectivity index (χ3n) is 5.13. The number of carbonyl (C=O) groups excluding carboxylic acids is 2. The summed E-state index contributed by atoms with van der Waals surface area (Å²) in [7, 11) is -2.73. The van der Waals surface area contributed by atoms with Gasteiger partial charge in [0.15, 0.2) is 6.61 Å². The highest BCUT2D eigenvalue weighted by Crippen LogP contribution is 2.27. The van der Waals surface area contributed by atoms with E-state index >= 15 is 0 Å². The van der Waals surface area contributed by atoms with Gasteiger partial charge in [0.25, 0.3) is 15.9 Å². The Bertz CT molecular complexity index is 1310. The van der Waals surface area contributed by atoms with Crippen molar-refractivity contribution in [2.24, 2.45) is 5.10 Å². The van der Waals surface area contributed by atoms with Gasteiger partial charge in [0.1, 0.15) is 12.3 Å². The Morgan fingerprint density at radius 3 is 2.31 bits per heavy atom. The standard InChI is InChI=1S/C26H27N3O6S/c1-3-21-9-7-8-12-24(21)29(36(32,33)23-10-5-4-6-11-23)18-25(30)28-27-17-20-13-15-22(16-14-20)35-19-26(31)34-2/h4-17H,3,18-19H2,1-2H3,(H,28,30)/b27-17-. The third kappa shape index (κ3) is 6.92. The normalized spacial score (nSPS) is 11.2. The molecule has 0 spiro atoms. The third-order valence-corrected chi connectivity index (χ3v) is 6.90. The van der Waals surface area contributed by atoms with E-state index < -0.39 is 28.4 Å². The molecule has 0 aromatic heterocycles. The van der Waals surface area contributed by atoms with Gasteiger partial charge in [0.2, 0.25) is 0 Å². The molecule has 0 saturated carbocycles. The SMILES string of the molecule is CCc1ccccc1N(CC(=O)N/N=C\c1ccc(OCC(=O)OC)cc1)S(=O)(=O)c1ccccc1. The first-order chi connectivity index (χ1) is 17.3. The fourth-order valence-electron chi connectivity index (χ4n) is 3.27. The number of hydrogen-bond donors (Lipinski definition) is 1. The van der Waals surface area contributed by atoms with E-state index in [2.05, 4.69) is 15.3 Å². The Labute approximate surface area is 210 Å². The minimum Gasteiger partial charge on any atom is -0.482 e. The van der Waals surface area contributed by atoms with E-state index in [-0.39, 0.29) is 11.5 Å². The van der Waals surface area contributed by atoms with E-state index in [1.54, 1.807) is 54.6 Å². The lowest BCUT2D eigenvalue weighted by molar-refractivity contribution is -0.142. The number of carbonyl (C=O) groups is 2. The molecule has 1 N–H and O–H groups in total. The maximum absolute atomic E-state index is 13.4. The maximum Gasteiger partial charge on any atom is 0.343 e. The summed E-state index contributed by atoms with van der Waals surface area (Å²) in [5.41, 5.74) is 4.27. The lowest BCUT2D eigenvalue weighted by atomic mass is 10.1. The molecule has 0 unspecified atom stereocenters. The summed E-state index contributed by atoms with van der Waals surface area (Å²) in [4.78, 5) is 24.0. The Morgan fingerprint density at radius 1 is 0.972 bits per heavy atom. The van der Waals surface area contributed by atoms with Crippen molar-refractivity contribution < 1.29 is 27.5 Å². The largest absolute Gasteiger partial charge is 0.482 e. The summed E-state index contributed by atoms with van der Waals surface area (Å²) in [5.74, 6) is -0.624. The molecule has 3 aromatic carbocycles. The van der Waals surface area contributed by atoms with Gasteiger partial charge in [0.05, 0.1) is 23.9 Å². The Hall–Kier alpha value is -4.18. The summed E-state index contributed by atoms with van der Waals surface area (Å²) in [5, 5.41) is 3.94. The summed E-state index contributed by atoms with van der Waals surface area (Å²) in [6.07, 6.45) is 2.01. The van der Waals surface area contributed by atoms with E-state index in [0.29, 0.717) is 23.4 Å². The van der Waals surface area contributed by atoms with Crippen molar-refractivity contribution in [2.75, 3.05) is 24.6 Å². The van der Waals surface area contributed by atoms with Gasteiger partial charge in [-0.1, -0.05) is 43.3 Å². The fraction of sp³-hybridized carbons (Fsp3) is 0.192. The number of nitrogens with one attached hydrogen (secondary N) is 1. The van der Waals surface area contributed by atoms with Crippen LogP contribution in [-0.4, -0.2) is 46.8 Å². The van der Waals surface area contributed by atoms with Gasteiger partial charge in [-0.25, -0.2) is 18.6 Å². The highest BCUT2D eigenvalue weighted by molar-refractivity contribution is 7.92. The highest BCUT2D eigenvalue weighted by Gasteiger charge is 2.28. The van der Waals surface area contributed by atoms with Gasteiger partial charge >= 0.3 is 5.97 Å². The number of hydrogen-bond acceptors (Lipinski definition) is 7. The average Bonchev–Trinajstić information content (AvgIpc) is 2.91. The van der Waals surface area contributed by atoms with E-state index in [1.165, 1.54) is 25.5 Å². The number of aryl methyl sites for hydroxylation is 1. The van der Waals surface area contributed by atoms with Crippen LogP contribution in [0.5, 0.6) is 5.75 Å². The molecule has 1 amide bonds. The molecular formula is C26H27N3O6S. The average molecular weight is 510 g/mol. The zero-order valence-corrected chi connectivity index (χ0v) is 20.8. The van der Waals surface area contributed by atoms with Gasteiger partial charge in [-0.15, -0.1) is 0 Å². The van der Waals surface area contributed by atoms with Crippen LogP contribution in [0.2, 0.25) is 0 Å². The molecule has 0 aliphatic carbocycles. The molecule has 9 nitrogen and oxygen atoms in total. The van der Waals surface area contributed by atoms with E-state index in [9.17, 15) is 18.0 Å². The van der Waals surface area contributed by atoms with Crippen LogP contribution in [0.25, 0.3) is 0 Å². The van der Waals surface area contributed by atoms with Gasteiger partial charge in [-0.2, -0.15) is 5.10 Å². The number of nitrogens with zero attached hydrogens (tertiary/aromatic N) is 2. The number of para-hydroxylation sites is 1. The first kappa shape index (κ1) is 26.4. The van der Waals surface area contributed by atoms with Crippen LogP contribution >= 0.6 is 0 Å². The summed E-state index contributed by atoms with van der Waals surface area (Å²) in [6.45, 7) is 1.26. The zero-order chi connectivity index (χ0) is 26.0. The zero-order valence-electron chi connectivity index (χ0n) is 20.0. The highest BCUT2D eigenvalue weighted by atomic mass is 32.2. The number of benzene rings is 3. The van der Waals surface area contributed by atoms with Crippen molar-refractivity contribution in [1.82, 2.24) is 5.43 Å². The number of sulfonamides is 1. The second-order valence-electron chi connectivity index (χ2n) is 7.53. The predicted octanol–water partition coefficient (Wildman–Crippen LogP) is 3.15. The number of hydrazone groups is 1. The number of anilines is 1. The predicted molar refractivity (Wildman–Crippen MR) is 136 cm³/mol. The number of amides is 1. The second kappa shape index (κ2) is 12.5. The van der Waals surface area contributed by atoms with Crippen molar-refractivity contribution in [2.45, 2.75) is 18.2 Å². The maximum atomic E-state index is 13.4. The van der Waals surface area contributed by atoms with Crippen LogP contribution in [0.3, 0.4) is 0 Å². The summed E-state index contributed by atoms with van der Waals surface area (Å²) in [6, 6.07) is 21.7. The van der Waals surface area contributed by atoms with Crippen molar-refractivity contribution in [3.8, 4) is 5.75 Å². The summed E-state index contributed by atoms with van der Waals surface area (Å²) < 4.78 is 37.8. The molecule has 3 aromatic rings. The molecule has 0 atom stereocenters. The van der Waals surface area contributed by atoms with Crippen LogP contribution in [0.4, 0.5) is 5.69 Å². The van der Waals surface area contributed by atoms with Crippen molar-refractivity contribution >= 4 is 33.8 Å². The molecule has 0 aliphatic rings. The van der Waals surface area contributed by atoms with Crippen LogP contribution in [-0.2, 0) is 30.8 Å². The molecule has 0 aliphatic heterocycles. The topological polar surface area (TPSA) is 114 Å². The van der Waals surface area contributed by atoms with Crippen LogP contribution in [0.15, 0.2) is 88.9 Å². The van der Waals surface area contributed by atoms with Gasteiger partial charge in [-0.05, 0) is 60.0 Å². The number of rotatable bonds is 11. The minimum absolute atomic E-state index is 0.0849. The van der Waals surface area contributed by atoms with Crippen LogP contribution in [0, 0.1) is 0 Å². The molecule has 0 heterocycles. The first-order valence-corrected chi connectivity index (χ1v) is 12.6. The second-order valence-corrected chi connectivity index (χ2v) is 9.40. The minimum atomic E-state index is -4.00. The Morgan fingerprint density at radius 2 is 1.64 bits per heavy atom. The lowest BCUT2D eigenvalue weighted by Gasteiger charge is -2.25. The lowest BCUT2D eigenvalue weighted by Crippen LogP contribution is -2.40. The van der Waals surface area contributed by atoms with Gasteiger partial charge in [-0.3, -0.25) is 9.10 Å². The molecule has 0 fully saturated rings. The quantitative estimate of drug-likeness (QED) is 0.241. The van der Waals surface area contributed by atoms with E-state index in [4.69, 9.17) is 4.74 Å². The molecule has 3 rings (SSSR count). The Kier molecular flexibility index (Phi) is 9.18. The van der Waals surface area contributed by atoms with E-state index in [1.807, 2.05) is 19.1 Å². The molecule has 0 bridgehead atoms. The van der Waals surface area contributed by atoms with E-state index in [0.717, 1.165) is 9.87 Å². The van der Waals surface area contributed by atoms with Crippen LogP contribution in [0.1, 0.15) is 18.1 Å². The van der Waals surface area contributed by atoms with Crippen molar-refractivity contribution in [1.29, 1.82) is 0 Å². The molecule has 36 heavy (non-hydrogen) atoms. The fourth-order valence-corrected chi connectivity index (χ4v) is 4.75.